The Labute approximate surface area is 137 Å². The van der Waals surface area contributed by atoms with Crippen molar-refractivity contribution < 1.29 is 9.59 Å². The maximum Gasteiger partial charge on any atom is 0.244 e. The number of benzene rings is 4. The molecule has 1 aliphatic rings. The molecular formula is C21H11NO2. The van der Waals surface area contributed by atoms with Crippen LogP contribution in [0.2, 0.25) is 0 Å². The van der Waals surface area contributed by atoms with Crippen molar-refractivity contribution in [3.63, 3.8) is 0 Å². The molecule has 0 aromatic heterocycles. The molecule has 1 heterocycles. The second kappa shape index (κ2) is 4.59. The third-order valence-corrected chi connectivity index (χ3v) is 4.63. The van der Waals surface area contributed by atoms with E-state index in [2.05, 4.69) is 29.3 Å². The minimum absolute atomic E-state index is 0.384. The molecule has 1 aliphatic heterocycles. The summed E-state index contributed by atoms with van der Waals surface area (Å²) in [5.41, 5.74) is 0.974. The van der Waals surface area contributed by atoms with E-state index in [4.69, 9.17) is 0 Å². The summed E-state index contributed by atoms with van der Waals surface area (Å²) in [7, 11) is 0. The highest BCUT2D eigenvalue weighted by Crippen LogP contribution is 2.37. The summed E-state index contributed by atoms with van der Waals surface area (Å²) in [5.74, 6) is -1.05. The lowest BCUT2D eigenvalue weighted by Gasteiger charge is -2.13. The quantitative estimate of drug-likeness (QED) is 0.270. The predicted molar refractivity (Wildman–Crippen MR) is 96.4 cm³/mol. The monoisotopic (exact) mass is 309 g/mol. The van der Waals surface area contributed by atoms with Crippen LogP contribution in [0.4, 0.5) is 5.69 Å². The van der Waals surface area contributed by atoms with Crippen LogP contribution in [0, 0.1) is 0 Å². The van der Waals surface area contributed by atoms with Gasteiger partial charge >= 0.3 is 0 Å². The van der Waals surface area contributed by atoms with Crippen LogP contribution in [0.15, 0.2) is 65.7 Å². The summed E-state index contributed by atoms with van der Waals surface area (Å²) in [4.78, 5) is 27.8. The highest BCUT2D eigenvalue weighted by molar-refractivity contribution is 6.64. The van der Waals surface area contributed by atoms with Gasteiger partial charge in [-0.15, -0.1) is 0 Å². The number of nitrogens with zero attached hydrogens (tertiary/aromatic N) is 1. The van der Waals surface area contributed by atoms with Gasteiger partial charge in [-0.3, -0.25) is 14.6 Å². The number of rotatable bonds is 0. The molecule has 0 unspecified atom stereocenters. The van der Waals surface area contributed by atoms with Gasteiger partial charge in [-0.25, -0.2) is 0 Å². The first kappa shape index (κ1) is 13.1. The fourth-order valence-electron chi connectivity index (χ4n) is 3.45. The van der Waals surface area contributed by atoms with Gasteiger partial charge in [0.15, 0.2) is 0 Å². The van der Waals surface area contributed by atoms with Crippen LogP contribution < -0.4 is 0 Å². The molecule has 112 valence electrons. The summed E-state index contributed by atoms with van der Waals surface area (Å²) < 4.78 is 0. The molecule has 0 bridgehead atoms. The van der Waals surface area contributed by atoms with E-state index >= 15 is 0 Å². The summed E-state index contributed by atoms with van der Waals surface area (Å²) in [6.45, 7) is 0. The van der Waals surface area contributed by atoms with E-state index in [1.54, 1.807) is 6.07 Å². The van der Waals surface area contributed by atoms with E-state index in [1.807, 2.05) is 30.3 Å². The molecule has 0 fully saturated rings. The summed E-state index contributed by atoms with van der Waals surface area (Å²) in [5, 5.41) is 6.56. The average Bonchev–Trinajstić information content (AvgIpc) is 2.62. The molecule has 0 radical (unpaired) electrons. The predicted octanol–water partition coefficient (Wildman–Crippen LogP) is 4.61. The van der Waals surface area contributed by atoms with Crippen molar-refractivity contribution in [2.45, 2.75) is 0 Å². The maximum atomic E-state index is 12.1. The fourth-order valence-corrected chi connectivity index (χ4v) is 3.45. The smallest absolute Gasteiger partial charge is 0.244 e. The van der Waals surface area contributed by atoms with Crippen LogP contribution in [-0.2, 0) is 4.79 Å². The standard InChI is InChI=1S/C21H11NO2/c23-19-11-22-20-16-6-5-14-9-12-3-1-2-4-13(12)10-18(14)15(16)7-8-17(20)21(19)24/h1-11H. The van der Waals surface area contributed by atoms with Gasteiger partial charge in [0.1, 0.15) is 0 Å². The van der Waals surface area contributed by atoms with Crippen LogP contribution >= 0.6 is 0 Å². The first-order chi connectivity index (χ1) is 11.7. The van der Waals surface area contributed by atoms with Gasteiger partial charge in [-0.1, -0.05) is 42.5 Å². The highest BCUT2D eigenvalue weighted by Gasteiger charge is 2.23. The van der Waals surface area contributed by atoms with Crippen molar-refractivity contribution in [3.05, 3.63) is 66.2 Å². The van der Waals surface area contributed by atoms with Crippen LogP contribution in [0.25, 0.3) is 32.3 Å². The minimum Gasteiger partial charge on any atom is -0.285 e. The molecule has 0 amide bonds. The average molecular weight is 309 g/mol. The molecule has 3 nitrogen and oxygen atoms in total. The Morgan fingerprint density at radius 1 is 0.667 bits per heavy atom. The van der Waals surface area contributed by atoms with E-state index in [9.17, 15) is 9.59 Å². The first-order valence-corrected chi connectivity index (χ1v) is 7.73. The van der Waals surface area contributed by atoms with Crippen molar-refractivity contribution in [1.29, 1.82) is 0 Å². The van der Waals surface area contributed by atoms with E-state index in [-0.39, 0.29) is 0 Å². The van der Waals surface area contributed by atoms with E-state index in [0.717, 1.165) is 27.8 Å². The van der Waals surface area contributed by atoms with Gasteiger partial charge in [0.25, 0.3) is 0 Å². The maximum absolute atomic E-state index is 12.1. The van der Waals surface area contributed by atoms with Gasteiger partial charge in [-0.2, -0.15) is 0 Å². The Hall–Kier alpha value is -3.33. The number of hydrogen-bond donors (Lipinski definition) is 0. The zero-order valence-electron chi connectivity index (χ0n) is 12.6. The summed E-state index contributed by atoms with van der Waals surface area (Å²) in [6.07, 6.45) is 1.12. The molecule has 0 spiro atoms. The van der Waals surface area contributed by atoms with Gasteiger partial charge in [0.2, 0.25) is 11.6 Å². The number of hydrogen-bond acceptors (Lipinski definition) is 3. The third-order valence-electron chi connectivity index (χ3n) is 4.63. The van der Waals surface area contributed by atoms with Crippen LogP contribution in [0.1, 0.15) is 10.4 Å². The molecule has 0 aliphatic carbocycles. The Morgan fingerprint density at radius 3 is 2.25 bits per heavy atom. The van der Waals surface area contributed by atoms with Crippen LogP contribution in [0.3, 0.4) is 0 Å². The van der Waals surface area contributed by atoms with Gasteiger partial charge < -0.3 is 0 Å². The van der Waals surface area contributed by atoms with Crippen LogP contribution in [0.5, 0.6) is 0 Å². The topological polar surface area (TPSA) is 46.5 Å². The largest absolute Gasteiger partial charge is 0.285 e. The molecule has 0 atom stereocenters. The number of fused-ring (bicyclic) bond motifs is 6. The van der Waals surface area contributed by atoms with Gasteiger partial charge in [0, 0.05) is 5.39 Å². The van der Waals surface area contributed by atoms with Crippen molar-refractivity contribution in [1.82, 2.24) is 0 Å². The Bertz CT molecular complexity index is 1230. The van der Waals surface area contributed by atoms with Crippen molar-refractivity contribution in [2.75, 3.05) is 0 Å². The second-order valence-electron chi connectivity index (χ2n) is 5.99. The van der Waals surface area contributed by atoms with E-state index < -0.39 is 11.6 Å². The van der Waals surface area contributed by atoms with Crippen molar-refractivity contribution in [3.8, 4) is 0 Å². The summed E-state index contributed by atoms with van der Waals surface area (Å²) >= 11 is 0. The molecule has 0 N–H and O–H groups in total. The lowest BCUT2D eigenvalue weighted by atomic mass is 9.93. The van der Waals surface area contributed by atoms with Crippen molar-refractivity contribution in [2.24, 2.45) is 4.99 Å². The number of carbonyl (C=O) groups excluding carboxylic acids is 2. The number of aliphatic imine (C=N–C) groups is 1. The normalized spacial score (nSPS) is 13.8. The molecule has 4 aromatic carbocycles. The summed E-state index contributed by atoms with van der Waals surface area (Å²) in [6, 6.07) is 20.2. The molecule has 0 saturated heterocycles. The number of Topliss-reactive ketones (excluding diaryl/α,β-unsaturated/α-hetero) is 2. The first-order valence-electron chi connectivity index (χ1n) is 7.73. The minimum atomic E-state index is -0.561. The Balaban J connectivity index is 1.93. The molecule has 0 saturated carbocycles. The highest BCUT2D eigenvalue weighted by atomic mass is 16.2. The molecule has 4 aromatic rings. The zero-order valence-corrected chi connectivity index (χ0v) is 12.6. The Morgan fingerprint density at radius 2 is 1.42 bits per heavy atom. The number of carbonyl (C=O) groups is 2. The Kier molecular flexibility index (Phi) is 2.51. The van der Waals surface area contributed by atoms with E-state index in [0.29, 0.717) is 11.3 Å². The van der Waals surface area contributed by atoms with E-state index in [1.165, 1.54) is 10.8 Å². The molecular weight excluding hydrogens is 298 g/mol. The SMILES string of the molecule is O=C1C=Nc2c(ccc3c2ccc2cc4ccccc4cc23)C1=O. The van der Waals surface area contributed by atoms with Gasteiger partial charge in [-0.05, 0) is 45.1 Å². The fraction of sp³-hybridized carbons (Fsp3) is 0. The third kappa shape index (κ3) is 1.69. The van der Waals surface area contributed by atoms with Gasteiger partial charge in [0.05, 0.1) is 17.5 Å². The van der Waals surface area contributed by atoms with Crippen LogP contribution in [-0.4, -0.2) is 17.8 Å². The molecule has 5 rings (SSSR count). The molecule has 24 heavy (non-hydrogen) atoms. The zero-order chi connectivity index (χ0) is 16.3. The molecule has 3 heteroatoms. The lowest BCUT2D eigenvalue weighted by molar-refractivity contribution is -0.109. The second-order valence-corrected chi connectivity index (χ2v) is 5.99. The number of ketones is 2. The van der Waals surface area contributed by atoms with Crippen molar-refractivity contribution >= 4 is 55.8 Å². The lowest BCUT2D eigenvalue weighted by Crippen LogP contribution is -2.18.